The second kappa shape index (κ2) is 5.03. The third-order valence-electron chi connectivity index (χ3n) is 2.28. The van der Waals surface area contributed by atoms with Crippen LogP contribution in [-0.4, -0.2) is 4.98 Å². The molecule has 16 heavy (non-hydrogen) atoms. The summed E-state index contributed by atoms with van der Waals surface area (Å²) in [5.74, 6) is -0.228. The number of halogens is 2. The molecular weight excluding hydrogens is 291 g/mol. The van der Waals surface area contributed by atoms with Gasteiger partial charge < -0.3 is 5.73 Å². The summed E-state index contributed by atoms with van der Waals surface area (Å²) in [4.78, 5) is 4.12. The molecule has 1 aromatic carbocycles. The first-order valence-electron chi connectivity index (χ1n) is 4.74. The lowest BCUT2D eigenvalue weighted by molar-refractivity contribution is 0.590. The number of nitrogens with zero attached hydrogens (tertiary/aromatic N) is 1. The van der Waals surface area contributed by atoms with Crippen molar-refractivity contribution in [2.24, 2.45) is 5.73 Å². The Balaban J connectivity index is 2.17. The van der Waals surface area contributed by atoms with Gasteiger partial charge in [0, 0.05) is 9.85 Å². The van der Waals surface area contributed by atoms with Gasteiger partial charge in [-0.2, -0.15) is 0 Å². The summed E-state index contributed by atoms with van der Waals surface area (Å²) in [6.45, 7) is 0. The zero-order chi connectivity index (χ0) is 11.5. The number of aromatic nitrogens is 1. The maximum atomic E-state index is 13.5. The van der Waals surface area contributed by atoms with E-state index in [1.54, 1.807) is 17.6 Å². The van der Waals surface area contributed by atoms with Crippen molar-refractivity contribution in [2.75, 3.05) is 0 Å². The molecule has 2 N–H and O–H groups in total. The van der Waals surface area contributed by atoms with Gasteiger partial charge in [0.25, 0.3) is 0 Å². The highest BCUT2D eigenvalue weighted by Crippen LogP contribution is 2.21. The third-order valence-corrected chi connectivity index (χ3v) is 3.38. The summed E-state index contributed by atoms with van der Waals surface area (Å²) >= 11 is 4.81. The van der Waals surface area contributed by atoms with Gasteiger partial charge >= 0.3 is 0 Å². The molecule has 2 rings (SSSR count). The summed E-state index contributed by atoms with van der Waals surface area (Å²) in [6.07, 6.45) is 0.453. The predicted molar refractivity (Wildman–Crippen MR) is 66.8 cm³/mol. The minimum atomic E-state index is -0.255. The molecule has 2 nitrogen and oxygen atoms in total. The van der Waals surface area contributed by atoms with Crippen LogP contribution in [-0.2, 0) is 6.42 Å². The Morgan fingerprint density at radius 2 is 2.31 bits per heavy atom. The van der Waals surface area contributed by atoms with Crippen molar-refractivity contribution in [1.82, 2.24) is 4.98 Å². The molecule has 5 heteroatoms. The Bertz CT molecular complexity index is 473. The van der Waals surface area contributed by atoms with Gasteiger partial charge in [-0.1, -0.05) is 15.9 Å². The quantitative estimate of drug-likeness (QED) is 0.945. The standard InChI is InChI=1S/C11H10BrFN2S/c12-8-1-2-9(13)7(3-8)4-10(14)11-5-16-6-15-11/h1-3,5-6,10H,4,14H2. The lowest BCUT2D eigenvalue weighted by Crippen LogP contribution is -2.14. The number of benzene rings is 1. The normalized spacial score (nSPS) is 12.7. The Morgan fingerprint density at radius 1 is 1.50 bits per heavy atom. The molecule has 0 fully saturated rings. The van der Waals surface area contributed by atoms with Crippen molar-refractivity contribution in [1.29, 1.82) is 0 Å². The third kappa shape index (κ3) is 2.66. The van der Waals surface area contributed by atoms with Gasteiger partial charge in [-0.25, -0.2) is 9.37 Å². The van der Waals surface area contributed by atoms with Crippen molar-refractivity contribution in [3.8, 4) is 0 Å². The first kappa shape index (κ1) is 11.7. The zero-order valence-electron chi connectivity index (χ0n) is 8.36. The van der Waals surface area contributed by atoms with Crippen LogP contribution in [0.2, 0.25) is 0 Å². The van der Waals surface area contributed by atoms with Crippen LogP contribution in [0.4, 0.5) is 4.39 Å². The van der Waals surface area contributed by atoms with Gasteiger partial charge in [-0.3, -0.25) is 0 Å². The van der Waals surface area contributed by atoms with E-state index >= 15 is 0 Å². The van der Waals surface area contributed by atoms with E-state index in [2.05, 4.69) is 20.9 Å². The summed E-state index contributed by atoms with van der Waals surface area (Å²) in [7, 11) is 0. The zero-order valence-corrected chi connectivity index (χ0v) is 10.8. The molecule has 1 heterocycles. The molecular formula is C11H10BrFN2S. The lowest BCUT2D eigenvalue weighted by Gasteiger charge is -2.10. The van der Waals surface area contributed by atoms with E-state index in [1.165, 1.54) is 17.4 Å². The summed E-state index contributed by atoms with van der Waals surface area (Å²) in [6, 6.07) is 4.61. The minimum absolute atomic E-state index is 0.228. The Labute approximate surface area is 105 Å². The maximum absolute atomic E-state index is 13.5. The molecule has 0 saturated carbocycles. The summed E-state index contributed by atoms with van der Waals surface area (Å²) in [5.41, 5.74) is 9.10. The number of hydrogen-bond donors (Lipinski definition) is 1. The fourth-order valence-electron chi connectivity index (χ4n) is 1.45. The van der Waals surface area contributed by atoms with Crippen molar-refractivity contribution in [2.45, 2.75) is 12.5 Å². The average Bonchev–Trinajstić information content (AvgIpc) is 2.76. The van der Waals surface area contributed by atoms with Crippen molar-refractivity contribution in [3.63, 3.8) is 0 Å². The average molecular weight is 301 g/mol. The van der Waals surface area contributed by atoms with E-state index in [-0.39, 0.29) is 11.9 Å². The number of thiazole rings is 1. The largest absolute Gasteiger partial charge is 0.322 e. The second-order valence-corrected chi connectivity index (χ2v) is 5.09. The van der Waals surface area contributed by atoms with Crippen LogP contribution < -0.4 is 5.73 Å². The van der Waals surface area contributed by atoms with E-state index in [1.807, 2.05) is 5.38 Å². The maximum Gasteiger partial charge on any atom is 0.126 e. The van der Waals surface area contributed by atoms with Gasteiger partial charge in [0.2, 0.25) is 0 Å². The molecule has 0 amide bonds. The molecule has 0 aliphatic carbocycles. The molecule has 0 aliphatic heterocycles. The molecule has 0 radical (unpaired) electrons. The molecule has 0 aliphatic rings. The van der Waals surface area contributed by atoms with E-state index in [0.29, 0.717) is 12.0 Å². The highest BCUT2D eigenvalue weighted by Gasteiger charge is 2.12. The fraction of sp³-hybridized carbons (Fsp3) is 0.182. The minimum Gasteiger partial charge on any atom is -0.322 e. The van der Waals surface area contributed by atoms with E-state index < -0.39 is 0 Å². The molecule has 1 aromatic heterocycles. The van der Waals surface area contributed by atoms with Crippen LogP contribution in [0.1, 0.15) is 17.3 Å². The fourth-order valence-corrected chi connectivity index (χ4v) is 2.47. The Hall–Kier alpha value is -0.780. The highest BCUT2D eigenvalue weighted by molar-refractivity contribution is 9.10. The molecule has 1 atom stereocenters. The first-order chi connectivity index (χ1) is 7.66. The molecule has 1 unspecified atom stereocenters. The SMILES string of the molecule is NC(Cc1cc(Br)ccc1F)c1cscn1. The van der Waals surface area contributed by atoms with Crippen LogP contribution in [0.5, 0.6) is 0 Å². The van der Waals surface area contributed by atoms with Crippen LogP contribution in [0.25, 0.3) is 0 Å². The van der Waals surface area contributed by atoms with E-state index in [4.69, 9.17) is 5.73 Å². The second-order valence-electron chi connectivity index (χ2n) is 3.46. The first-order valence-corrected chi connectivity index (χ1v) is 6.48. The van der Waals surface area contributed by atoms with Crippen molar-refractivity contribution in [3.05, 3.63) is 50.6 Å². The van der Waals surface area contributed by atoms with Crippen LogP contribution in [0.15, 0.2) is 33.6 Å². The molecule has 0 bridgehead atoms. The van der Waals surface area contributed by atoms with Crippen molar-refractivity contribution >= 4 is 27.3 Å². The number of rotatable bonds is 3. The molecule has 84 valence electrons. The highest BCUT2D eigenvalue weighted by atomic mass is 79.9. The number of nitrogens with two attached hydrogens (primary N) is 1. The van der Waals surface area contributed by atoms with Gasteiger partial charge in [0.15, 0.2) is 0 Å². The summed E-state index contributed by atoms with van der Waals surface area (Å²) < 4.78 is 14.3. The molecule has 2 aromatic rings. The van der Waals surface area contributed by atoms with Gasteiger partial charge in [0.1, 0.15) is 5.82 Å². The van der Waals surface area contributed by atoms with Gasteiger partial charge in [-0.15, -0.1) is 11.3 Å². The Morgan fingerprint density at radius 3 is 3.00 bits per heavy atom. The van der Waals surface area contributed by atoms with Gasteiger partial charge in [-0.05, 0) is 30.2 Å². The van der Waals surface area contributed by atoms with Crippen LogP contribution >= 0.6 is 27.3 Å². The predicted octanol–water partition coefficient (Wildman–Crippen LogP) is 3.29. The smallest absolute Gasteiger partial charge is 0.126 e. The molecule has 0 spiro atoms. The van der Waals surface area contributed by atoms with Crippen LogP contribution in [0.3, 0.4) is 0 Å². The van der Waals surface area contributed by atoms with Crippen LogP contribution in [0, 0.1) is 5.82 Å². The topological polar surface area (TPSA) is 38.9 Å². The van der Waals surface area contributed by atoms with Gasteiger partial charge in [0.05, 0.1) is 17.2 Å². The van der Waals surface area contributed by atoms with E-state index in [0.717, 1.165) is 10.2 Å². The monoisotopic (exact) mass is 300 g/mol. The molecule has 0 saturated heterocycles. The number of hydrogen-bond acceptors (Lipinski definition) is 3. The van der Waals surface area contributed by atoms with E-state index in [9.17, 15) is 4.39 Å². The summed E-state index contributed by atoms with van der Waals surface area (Å²) in [5, 5.41) is 1.89. The Kier molecular flexibility index (Phi) is 3.68. The lowest BCUT2D eigenvalue weighted by atomic mass is 10.0. The van der Waals surface area contributed by atoms with Crippen molar-refractivity contribution < 1.29 is 4.39 Å².